The van der Waals surface area contributed by atoms with Gasteiger partial charge in [0.2, 0.25) is 5.91 Å². The lowest BCUT2D eigenvalue weighted by Gasteiger charge is -2.16. The summed E-state index contributed by atoms with van der Waals surface area (Å²) >= 11 is 1.54. The molecule has 0 fully saturated rings. The lowest BCUT2D eigenvalue weighted by molar-refractivity contribution is -0.113. The Balaban J connectivity index is 2.03. The molecule has 1 aliphatic heterocycles. The molecule has 6 heteroatoms. The molecule has 1 aromatic heterocycles. The average molecular weight is 246 g/mol. The number of fused-ring (bicyclic) bond motifs is 1. The molecule has 0 aliphatic carbocycles. The van der Waals surface area contributed by atoms with Gasteiger partial charge in [-0.1, -0.05) is 6.07 Å². The predicted molar refractivity (Wildman–Crippen MR) is 67.8 cm³/mol. The van der Waals surface area contributed by atoms with Crippen molar-refractivity contribution >= 4 is 29.2 Å². The van der Waals surface area contributed by atoms with Gasteiger partial charge in [0.15, 0.2) is 0 Å². The maximum absolute atomic E-state index is 11.3. The van der Waals surface area contributed by atoms with E-state index in [-0.39, 0.29) is 5.91 Å². The third-order valence-electron chi connectivity index (χ3n) is 2.52. The molecule has 0 saturated carbocycles. The summed E-state index contributed by atoms with van der Waals surface area (Å²) in [4.78, 5) is 12.4. The van der Waals surface area contributed by atoms with Crippen LogP contribution in [0.25, 0.3) is 11.3 Å². The number of nitrogen functional groups attached to an aromatic ring is 1. The molecule has 0 saturated heterocycles. The van der Waals surface area contributed by atoms with Gasteiger partial charge < -0.3 is 11.1 Å². The number of hydrogen-bond acceptors (Lipinski definition) is 4. The van der Waals surface area contributed by atoms with Gasteiger partial charge in [-0.15, -0.1) is 11.8 Å². The Labute approximate surface area is 102 Å². The highest BCUT2D eigenvalue weighted by Crippen LogP contribution is 2.34. The fourth-order valence-corrected chi connectivity index (χ4v) is 2.52. The van der Waals surface area contributed by atoms with Crippen LogP contribution in [0.3, 0.4) is 0 Å². The number of hydrogen-bond donors (Lipinski definition) is 3. The third-order valence-corrected chi connectivity index (χ3v) is 3.59. The maximum atomic E-state index is 11.3. The zero-order chi connectivity index (χ0) is 11.8. The monoisotopic (exact) mass is 246 g/mol. The van der Waals surface area contributed by atoms with Crippen LogP contribution in [0, 0.1) is 0 Å². The van der Waals surface area contributed by atoms with Crippen LogP contribution in [0.5, 0.6) is 0 Å². The van der Waals surface area contributed by atoms with Gasteiger partial charge in [-0.25, -0.2) is 0 Å². The van der Waals surface area contributed by atoms with Crippen molar-refractivity contribution in [3.8, 4) is 11.3 Å². The van der Waals surface area contributed by atoms with Crippen molar-refractivity contribution in [3.63, 3.8) is 0 Å². The molecule has 0 atom stereocenters. The summed E-state index contributed by atoms with van der Waals surface area (Å²) < 4.78 is 0. The molecule has 0 radical (unpaired) electrons. The number of H-pyrrole nitrogens is 1. The first kappa shape index (κ1) is 10.2. The van der Waals surface area contributed by atoms with Gasteiger partial charge >= 0.3 is 0 Å². The first-order valence-electron chi connectivity index (χ1n) is 5.10. The molecule has 0 spiro atoms. The molecule has 2 heterocycles. The normalized spacial score (nSPS) is 14.2. The summed E-state index contributed by atoms with van der Waals surface area (Å²) in [6.07, 6.45) is 0. The second kappa shape index (κ2) is 3.81. The van der Waals surface area contributed by atoms with E-state index < -0.39 is 0 Å². The van der Waals surface area contributed by atoms with Crippen LogP contribution < -0.4 is 11.1 Å². The Morgan fingerprint density at radius 1 is 1.35 bits per heavy atom. The minimum absolute atomic E-state index is 0.0313. The molecule has 0 bridgehead atoms. The summed E-state index contributed by atoms with van der Waals surface area (Å²) in [7, 11) is 0. The van der Waals surface area contributed by atoms with E-state index in [0.717, 1.165) is 21.8 Å². The van der Waals surface area contributed by atoms with Crippen molar-refractivity contribution in [2.75, 3.05) is 16.8 Å². The molecule has 0 unspecified atom stereocenters. The number of aromatic nitrogens is 2. The van der Waals surface area contributed by atoms with E-state index in [1.54, 1.807) is 17.8 Å². The van der Waals surface area contributed by atoms with Crippen LogP contribution in [-0.2, 0) is 4.79 Å². The molecule has 1 amide bonds. The molecule has 5 nitrogen and oxygen atoms in total. The molecule has 2 aromatic rings. The fourth-order valence-electron chi connectivity index (χ4n) is 1.74. The average Bonchev–Trinajstić information content (AvgIpc) is 2.75. The maximum Gasteiger partial charge on any atom is 0.234 e. The van der Waals surface area contributed by atoms with Gasteiger partial charge in [-0.2, -0.15) is 5.10 Å². The molecular weight excluding hydrogens is 236 g/mol. The number of carbonyl (C=O) groups excluding carboxylic acids is 1. The summed E-state index contributed by atoms with van der Waals surface area (Å²) in [5, 5.41) is 9.58. The SMILES string of the molecule is Nc1cc(-c2ccc3c(c2)NC(=O)CS3)[nH]n1. The largest absolute Gasteiger partial charge is 0.382 e. The summed E-state index contributed by atoms with van der Waals surface area (Å²) in [5.74, 6) is 0.962. The number of anilines is 2. The Morgan fingerprint density at radius 2 is 2.24 bits per heavy atom. The number of benzene rings is 1. The van der Waals surface area contributed by atoms with E-state index in [0.29, 0.717) is 11.6 Å². The Kier molecular flexibility index (Phi) is 2.29. The van der Waals surface area contributed by atoms with Crippen molar-refractivity contribution in [1.29, 1.82) is 0 Å². The molecule has 1 aliphatic rings. The zero-order valence-corrected chi connectivity index (χ0v) is 9.67. The van der Waals surface area contributed by atoms with Gasteiger partial charge in [0.1, 0.15) is 5.82 Å². The van der Waals surface area contributed by atoms with E-state index in [4.69, 9.17) is 5.73 Å². The van der Waals surface area contributed by atoms with Crippen LogP contribution in [0.15, 0.2) is 29.2 Å². The van der Waals surface area contributed by atoms with Crippen LogP contribution >= 0.6 is 11.8 Å². The predicted octanol–water partition coefficient (Wildman–Crippen LogP) is 1.70. The van der Waals surface area contributed by atoms with Crippen molar-refractivity contribution in [2.45, 2.75) is 4.90 Å². The summed E-state index contributed by atoms with van der Waals surface area (Å²) in [6, 6.07) is 7.66. The fraction of sp³-hybridized carbons (Fsp3) is 0.0909. The Hall–Kier alpha value is -1.95. The minimum Gasteiger partial charge on any atom is -0.382 e. The topological polar surface area (TPSA) is 83.8 Å². The van der Waals surface area contributed by atoms with Gasteiger partial charge in [-0.3, -0.25) is 9.89 Å². The number of nitrogens with zero attached hydrogens (tertiary/aromatic N) is 1. The second-order valence-corrected chi connectivity index (χ2v) is 4.77. The van der Waals surface area contributed by atoms with Gasteiger partial charge in [0, 0.05) is 16.5 Å². The first-order chi connectivity index (χ1) is 8.22. The molecular formula is C11H10N4OS. The highest BCUT2D eigenvalue weighted by atomic mass is 32.2. The number of nitrogens with two attached hydrogens (primary N) is 1. The van der Waals surface area contributed by atoms with Gasteiger partial charge in [0.25, 0.3) is 0 Å². The van der Waals surface area contributed by atoms with Crippen molar-refractivity contribution in [1.82, 2.24) is 10.2 Å². The third kappa shape index (κ3) is 1.87. The van der Waals surface area contributed by atoms with Crippen LogP contribution in [-0.4, -0.2) is 21.9 Å². The molecule has 1 aromatic carbocycles. The van der Waals surface area contributed by atoms with Crippen LogP contribution in [0.4, 0.5) is 11.5 Å². The summed E-state index contributed by atoms with van der Waals surface area (Å²) in [5.41, 5.74) is 8.20. The quantitative estimate of drug-likeness (QED) is 0.715. The number of carbonyl (C=O) groups is 1. The zero-order valence-electron chi connectivity index (χ0n) is 8.86. The number of thioether (sulfide) groups is 1. The van der Waals surface area contributed by atoms with Crippen molar-refractivity contribution in [3.05, 3.63) is 24.3 Å². The van der Waals surface area contributed by atoms with E-state index in [1.807, 2.05) is 18.2 Å². The van der Waals surface area contributed by atoms with E-state index >= 15 is 0 Å². The van der Waals surface area contributed by atoms with E-state index in [9.17, 15) is 4.79 Å². The minimum atomic E-state index is 0.0313. The van der Waals surface area contributed by atoms with E-state index in [1.165, 1.54) is 0 Å². The smallest absolute Gasteiger partial charge is 0.234 e. The highest BCUT2D eigenvalue weighted by molar-refractivity contribution is 8.00. The Bertz CT molecular complexity index is 593. The molecule has 17 heavy (non-hydrogen) atoms. The van der Waals surface area contributed by atoms with Crippen LogP contribution in [0.2, 0.25) is 0 Å². The highest BCUT2D eigenvalue weighted by Gasteiger charge is 2.16. The lowest BCUT2D eigenvalue weighted by Crippen LogP contribution is -2.18. The van der Waals surface area contributed by atoms with Crippen molar-refractivity contribution in [2.24, 2.45) is 0 Å². The standard InChI is InChI=1S/C11H10N4OS/c12-10-4-7(14-15-10)6-1-2-9-8(3-6)13-11(16)5-17-9/h1-4H,5H2,(H,13,16)(H3,12,14,15). The number of rotatable bonds is 1. The molecule has 4 N–H and O–H groups in total. The number of nitrogens with one attached hydrogen (secondary N) is 2. The number of amides is 1. The molecule has 3 rings (SSSR count). The first-order valence-corrected chi connectivity index (χ1v) is 6.09. The number of aromatic amines is 1. The summed E-state index contributed by atoms with van der Waals surface area (Å²) in [6.45, 7) is 0. The second-order valence-electron chi connectivity index (χ2n) is 3.75. The van der Waals surface area contributed by atoms with Gasteiger partial charge in [0.05, 0.1) is 17.1 Å². The lowest BCUT2D eigenvalue weighted by atomic mass is 10.1. The van der Waals surface area contributed by atoms with Crippen molar-refractivity contribution < 1.29 is 4.79 Å². The van der Waals surface area contributed by atoms with E-state index in [2.05, 4.69) is 15.5 Å². The van der Waals surface area contributed by atoms with Gasteiger partial charge in [-0.05, 0) is 12.1 Å². The Morgan fingerprint density at radius 3 is 3.00 bits per heavy atom. The molecule has 86 valence electrons. The van der Waals surface area contributed by atoms with Crippen LogP contribution in [0.1, 0.15) is 0 Å².